The van der Waals surface area contributed by atoms with Crippen molar-refractivity contribution >= 4 is 12.2 Å². The van der Waals surface area contributed by atoms with Crippen molar-refractivity contribution < 1.29 is 19.1 Å². The minimum Gasteiger partial charge on any atom is -0.444 e. The Kier molecular flexibility index (Phi) is 7.35. The highest BCUT2D eigenvalue weighted by Gasteiger charge is 2.56. The molecule has 2 saturated carbocycles. The molecule has 4 rings (SSSR count). The maximum atomic E-state index is 11.6. The maximum absolute atomic E-state index is 11.6. The quantitative estimate of drug-likeness (QED) is 0.513. The van der Waals surface area contributed by atoms with E-state index in [1.54, 1.807) is 0 Å². The first-order valence-corrected chi connectivity index (χ1v) is 12.2. The van der Waals surface area contributed by atoms with Gasteiger partial charge in [0.1, 0.15) is 11.2 Å². The Morgan fingerprint density at radius 3 is 1.41 bits per heavy atom. The number of alkyl carbamates (subject to hydrolysis) is 2. The van der Waals surface area contributed by atoms with Crippen LogP contribution in [0.5, 0.6) is 0 Å². The number of hydrogen-bond acceptors (Lipinski definition) is 6. The van der Waals surface area contributed by atoms with E-state index in [0.717, 1.165) is 39.0 Å². The molecule has 4 atom stereocenters. The maximum Gasteiger partial charge on any atom is 0.407 e. The van der Waals surface area contributed by atoms with Crippen LogP contribution in [0.4, 0.5) is 9.59 Å². The van der Waals surface area contributed by atoms with E-state index < -0.39 is 11.2 Å². The van der Waals surface area contributed by atoms with Gasteiger partial charge in [-0.25, -0.2) is 9.59 Å². The lowest BCUT2D eigenvalue weighted by atomic mass is 9.96. The van der Waals surface area contributed by atoms with Crippen molar-refractivity contribution in [3.63, 3.8) is 0 Å². The molecule has 8 heteroatoms. The predicted molar refractivity (Wildman–Crippen MR) is 125 cm³/mol. The second-order valence-electron chi connectivity index (χ2n) is 12.1. The summed E-state index contributed by atoms with van der Waals surface area (Å²) in [5, 5.41) is 12.7. The van der Waals surface area contributed by atoms with Crippen LogP contribution in [0.2, 0.25) is 0 Å². The van der Waals surface area contributed by atoms with Crippen molar-refractivity contribution in [2.24, 2.45) is 10.8 Å². The highest BCUT2D eigenvalue weighted by atomic mass is 16.6. The van der Waals surface area contributed by atoms with Crippen LogP contribution in [-0.4, -0.2) is 61.7 Å². The molecule has 2 amide bonds. The first-order chi connectivity index (χ1) is 14.8. The summed E-state index contributed by atoms with van der Waals surface area (Å²) in [5.74, 6) is 0. The summed E-state index contributed by atoms with van der Waals surface area (Å²) in [5.41, 5.74) is -0.155. The Morgan fingerprint density at radius 1 is 0.750 bits per heavy atom. The summed E-state index contributed by atoms with van der Waals surface area (Å²) in [6.07, 6.45) is 6.51. The molecular formula is C24H44N4O4. The van der Waals surface area contributed by atoms with Crippen molar-refractivity contribution in [2.45, 2.75) is 103 Å². The Labute approximate surface area is 193 Å². The molecule has 32 heavy (non-hydrogen) atoms. The normalized spacial score (nSPS) is 33.6. The van der Waals surface area contributed by atoms with E-state index in [0.29, 0.717) is 22.9 Å². The Balaban J connectivity index is 0.000000181. The molecule has 4 aliphatic rings. The van der Waals surface area contributed by atoms with E-state index in [4.69, 9.17) is 9.47 Å². The average Bonchev–Trinajstić information content (AvgIpc) is 3.50. The van der Waals surface area contributed by atoms with Gasteiger partial charge in [-0.15, -0.1) is 0 Å². The monoisotopic (exact) mass is 452 g/mol. The van der Waals surface area contributed by atoms with E-state index in [1.807, 2.05) is 41.5 Å². The van der Waals surface area contributed by atoms with Gasteiger partial charge < -0.3 is 30.7 Å². The molecule has 0 aromatic heterocycles. The zero-order valence-electron chi connectivity index (χ0n) is 20.9. The topological polar surface area (TPSA) is 101 Å². The number of carbonyl (C=O) groups excluding carboxylic acids is 2. The number of hydrogen-bond donors (Lipinski definition) is 4. The molecule has 0 bridgehead atoms. The van der Waals surface area contributed by atoms with Gasteiger partial charge >= 0.3 is 12.2 Å². The van der Waals surface area contributed by atoms with Gasteiger partial charge in [0.2, 0.25) is 0 Å². The van der Waals surface area contributed by atoms with E-state index in [2.05, 4.69) is 21.3 Å². The van der Waals surface area contributed by atoms with Crippen molar-refractivity contribution in [3.8, 4) is 0 Å². The van der Waals surface area contributed by atoms with Gasteiger partial charge in [0.25, 0.3) is 0 Å². The fourth-order valence-electron chi connectivity index (χ4n) is 4.93. The highest BCUT2D eigenvalue weighted by molar-refractivity contribution is 5.69. The fraction of sp³-hybridized carbons (Fsp3) is 0.917. The first kappa shape index (κ1) is 25.1. The average molecular weight is 453 g/mol. The number of carbonyl (C=O) groups is 2. The molecule has 2 heterocycles. The summed E-state index contributed by atoms with van der Waals surface area (Å²) in [6, 6.07) is 0.630. The number of piperidine rings is 2. The second-order valence-corrected chi connectivity index (χ2v) is 12.1. The molecule has 0 aromatic rings. The molecule has 4 N–H and O–H groups in total. The molecule has 2 saturated heterocycles. The summed E-state index contributed by atoms with van der Waals surface area (Å²) in [7, 11) is 0. The highest BCUT2D eigenvalue weighted by Crippen LogP contribution is 2.51. The van der Waals surface area contributed by atoms with Crippen LogP contribution in [0, 0.1) is 10.8 Å². The molecule has 2 spiro atoms. The van der Waals surface area contributed by atoms with Crippen molar-refractivity contribution in [3.05, 3.63) is 0 Å². The molecule has 8 nitrogen and oxygen atoms in total. The molecule has 4 fully saturated rings. The lowest BCUT2D eigenvalue weighted by molar-refractivity contribution is 0.0502. The van der Waals surface area contributed by atoms with E-state index in [-0.39, 0.29) is 12.2 Å². The van der Waals surface area contributed by atoms with Crippen molar-refractivity contribution in [1.82, 2.24) is 21.3 Å². The van der Waals surface area contributed by atoms with Crippen LogP contribution >= 0.6 is 0 Å². The third-order valence-electron chi connectivity index (χ3n) is 6.77. The minimum atomic E-state index is -0.406. The summed E-state index contributed by atoms with van der Waals surface area (Å²) in [4.78, 5) is 23.2. The van der Waals surface area contributed by atoms with Gasteiger partial charge in [0.15, 0.2) is 0 Å². The number of rotatable bonds is 2. The van der Waals surface area contributed by atoms with Gasteiger partial charge in [0.05, 0.1) is 0 Å². The first-order valence-electron chi connectivity index (χ1n) is 12.2. The van der Waals surface area contributed by atoms with Gasteiger partial charge in [0, 0.05) is 36.0 Å². The zero-order chi connectivity index (χ0) is 23.6. The van der Waals surface area contributed by atoms with Gasteiger partial charge in [-0.2, -0.15) is 0 Å². The van der Waals surface area contributed by atoms with Gasteiger partial charge in [-0.1, -0.05) is 0 Å². The molecule has 2 aliphatic carbocycles. The molecule has 0 unspecified atom stereocenters. The van der Waals surface area contributed by atoms with Crippen LogP contribution in [0.3, 0.4) is 0 Å². The summed E-state index contributed by atoms with van der Waals surface area (Å²) >= 11 is 0. The predicted octanol–water partition coefficient (Wildman–Crippen LogP) is 3.31. The molecule has 0 radical (unpaired) electrons. The SMILES string of the molecule is CC(C)(C)OC(=O)N[C@@H]1C[C@@]12CCCNC2.CC(C)(C)OC(=O)N[C@H]1C[C@]12CCCNC2. The Hall–Kier alpha value is -1.54. The number of ether oxygens (including phenoxy) is 2. The number of nitrogens with one attached hydrogen (secondary N) is 4. The van der Waals surface area contributed by atoms with Gasteiger partial charge in [-0.05, 0) is 93.2 Å². The van der Waals surface area contributed by atoms with E-state index in [1.165, 1.54) is 25.7 Å². The second kappa shape index (κ2) is 9.37. The summed E-state index contributed by atoms with van der Waals surface area (Å²) < 4.78 is 10.5. The minimum absolute atomic E-state index is 0.278. The van der Waals surface area contributed by atoms with E-state index >= 15 is 0 Å². The van der Waals surface area contributed by atoms with Gasteiger partial charge in [-0.3, -0.25) is 0 Å². The van der Waals surface area contributed by atoms with Crippen molar-refractivity contribution in [2.75, 3.05) is 26.2 Å². The van der Waals surface area contributed by atoms with Crippen LogP contribution in [-0.2, 0) is 9.47 Å². The lowest BCUT2D eigenvalue weighted by Gasteiger charge is -2.24. The van der Waals surface area contributed by atoms with Crippen LogP contribution in [0.25, 0.3) is 0 Å². The third-order valence-corrected chi connectivity index (χ3v) is 6.77. The van der Waals surface area contributed by atoms with E-state index in [9.17, 15) is 9.59 Å². The molecule has 0 aromatic carbocycles. The number of amides is 2. The standard InChI is InChI=1S/2C12H22N2O2/c2*1-11(2,3)16-10(15)14-9-7-12(9)5-4-6-13-8-12/h2*9,13H,4-8H2,1-3H3,(H,14,15)/t2*9-,12-/m10/s1. The fourth-order valence-corrected chi connectivity index (χ4v) is 4.93. The smallest absolute Gasteiger partial charge is 0.407 e. The molecule has 184 valence electrons. The molecule has 2 aliphatic heterocycles. The third kappa shape index (κ3) is 7.24. The van der Waals surface area contributed by atoms with Crippen LogP contribution in [0.15, 0.2) is 0 Å². The Morgan fingerprint density at radius 2 is 1.12 bits per heavy atom. The zero-order valence-corrected chi connectivity index (χ0v) is 20.9. The van der Waals surface area contributed by atoms with Crippen molar-refractivity contribution in [1.29, 1.82) is 0 Å². The lowest BCUT2D eigenvalue weighted by Crippen LogP contribution is -2.40. The molecular weight excluding hydrogens is 408 g/mol. The van der Waals surface area contributed by atoms with Crippen LogP contribution in [0.1, 0.15) is 80.1 Å². The summed E-state index contributed by atoms with van der Waals surface area (Å²) in [6.45, 7) is 15.6. The van der Waals surface area contributed by atoms with Crippen LogP contribution < -0.4 is 21.3 Å². The Bertz CT molecular complexity index is 612. The largest absolute Gasteiger partial charge is 0.444 e.